The summed E-state index contributed by atoms with van der Waals surface area (Å²) in [5.74, 6) is 1.64. The second-order valence-corrected chi connectivity index (χ2v) is 9.01. The van der Waals surface area contributed by atoms with E-state index < -0.39 is 10.0 Å². The van der Waals surface area contributed by atoms with E-state index in [1.807, 2.05) is 36.4 Å². The van der Waals surface area contributed by atoms with Crippen LogP contribution < -0.4 is 9.46 Å². The van der Waals surface area contributed by atoms with Crippen molar-refractivity contribution in [2.24, 2.45) is 0 Å². The van der Waals surface area contributed by atoms with Crippen molar-refractivity contribution in [1.82, 2.24) is 0 Å². The van der Waals surface area contributed by atoms with Gasteiger partial charge in [0.05, 0.1) is 4.90 Å². The van der Waals surface area contributed by atoms with Gasteiger partial charge in [0.15, 0.2) is 0 Å². The van der Waals surface area contributed by atoms with Crippen LogP contribution in [0.4, 0.5) is 5.69 Å². The Morgan fingerprint density at radius 2 is 1.33 bits per heavy atom. The number of halogens is 1. The summed E-state index contributed by atoms with van der Waals surface area (Å²) in [6, 6.07) is 21.2. The van der Waals surface area contributed by atoms with Crippen LogP contribution in [0.15, 0.2) is 82.2 Å². The first-order chi connectivity index (χ1) is 12.8. The van der Waals surface area contributed by atoms with Gasteiger partial charge in [-0.05, 0) is 72.1 Å². The molecule has 0 spiro atoms. The molecule has 0 fully saturated rings. The lowest BCUT2D eigenvalue weighted by Gasteiger charge is -2.11. The molecule has 27 heavy (non-hydrogen) atoms. The van der Waals surface area contributed by atoms with Crippen molar-refractivity contribution in [3.8, 4) is 11.5 Å². The maximum atomic E-state index is 12.6. The molecule has 0 amide bonds. The fourth-order valence-corrected chi connectivity index (χ4v) is 3.80. The molecule has 0 aliphatic rings. The van der Waals surface area contributed by atoms with E-state index >= 15 is 0 Å². The van der Waals surface area contributed by atoms with Crippen molar-refractivity contribution >= 4 is 31.6 Å². The Kier molecular flexibility index (Phi) is 5.87. The van der Waals surface area contributed by atoms with E-state index in [2.05, 4.69) is 34.5 Å². The fourth-order valence-electron chi connectivity index (χ4n) is 2.48. The van der Waals surface area contributed by atoms with Crippen LogP contribution in [-0.4, -0.2) is 8.42 Å². The van der Waals surface area contributed by atoms with Crippen LogP contribution >= 0.6 is 15.9 Å². The third kappa shape index (κ3) is 5.11. The first-order valence-electron chi connectivity index (χ1n) is 8.50. The van der Waals surface area contributed by atoms with Crippen molar-refractivity contribution in [3.05, 3.63) is 82.8 Å². The van der Waals surface area contributed by atoms with E-state index in [4.69, 9.17) is 4.74 Å². The van der Waals surface area contributed by atoms with Gasteiger partial charge >= 0.3 is 0 Å². The maximum Gasteiger partial charge on any atom is 0.261 e. The molecular formula is C21H20BrNO3S. The van der Waals surface area contributed by atoms with E-state index in [0.717, 1.165) is 10.0 Å². The van der Waals surface area contributed by atoms with Gasteiger partial charge in [-0.25, -0.2) is 8.42 Å². The van der Waals surface area contributed by atoms with Gasteiger partial charge in [-0.3, -0.25) is 4.72 Å². The van der Waals surface area contributed by atoms with Crippen molar-refractivity contribution < 1.29 is 13.2 Å². The molecule has 0 radical (unpaired) electrons. The third-order valence-corrected chi connectivity index (χ3v) is 5.94. The van der Waals surface area contributed by atoms with Crippen LogP contribution in [-0.2, 0) is 10.0 Å². The molecule has 6 heteroatoms. The molecule has 140 valence electrons. The zero-order valence-corrected chi connectivity index (χ0v) is 17.4. The molecule has 1 N–H and O–H groups in total. The molecule has 4 nitrogen and oxygen atoms in total. The quantitative estimate of drug-likeness (QED) is 0.493. The third-order valence-electron chi connectivity index (χ3n) is 4.01. The molecule has 0 bridgehead atoms. The highest BCUT2D eigenvalue weighted by Gasteiger charge is 2.14. The van der Waals surface area contributed by atoms with Gasteiger partial charge < -0.3 is 4.74 Å². The summed E-state index contributed by atoms with van der Waals surface area (Å²) in [6.07, 6.45) is 0. The van der Waals surface area contributed by atoms with Crippen LogP contribution in [0.5, 0.6) is 11.5 Å². The number of anilines is 1. The number of sulfonamides is 1. The molecule has 0 aromatic heterocycles. The van der Waals surface area contributed by atoms with Gasteiger partial charge in [-0.2, -0.15) is 0 Å². The molecule has 0 heterocycles. The zero-order valence-electron chi connectivity index (χ0n) is 15.0. The Bertz CT molecular complexity index is 997. The smallest absolute Gasteiger partial charge is 0.261 e. The van der Waals surface area contributed by atoms with Gasteiger partial charge in [0, 0.05) is 10.2 Å². The van der Waals surface area contributed by atoms with E-state index in [1.165, 1.54) is 12.1 Å². The molecule has 0 unspecified atom stereocenters. The predicted molar refractivity (Wildman–Crippen MR) is 112 cm³/mol. The van der Waals surface area contributed by atoms with Crippen LogP contribution in [0, 0.1) is 0 Å². The Hall–Kier alpha value is -2.31. The summed E-state index contributed by atoms with van der Waals surface area (Å²) in [5, 5.41) is 0. The fraction of sp³-hybridized carbons (Fsp3) is 0.143. The summed E-state index contributed by atoms with van der Waals surface area (Å²) < 4.78 is 34.4. The molecule has 0 saturated carbocycles. The summed E-state index contributed by atoms with van der Waals surface area (Å²) in [7, 11) is -3.65. The topological polar surface area (TPSA) is 55.4 Å². The molecule has 0 aliphatic heterocycles. The van der Waals surface area contributed by atoms with Gasteiger partial charge in [0.25, 0.3) is 10.0 Å². The number of benzene rings is 3. The second kappa shape index (κ2) is 8.15. The summed E-state index contributed by atoms with van der Waals surface area (Å²) >= 11 is 3.37. The Labute approximate surface area is 168 Å². The van der Waals surface area contributed by atoms with Crippen molar-refractivity contribution in [2.75, 3.05) is 4.72 Å². The lowest BCUT2D eigenvalue weighted by atomic mass is 10.0. The average molecular weight is 446 g/mol. The van der Waals surface area contributed by atoms with Gasteiger partial charge in [-0.1, -0.05) is 41.9 Å². The molecule has 3 aromatic carbocycles. The Morgan fingerprint density at radius 3 is 1.85 bits per heavy atom. The van der Waals surface area contributed by atoms with E-state index in [0.29, 0.717) is 23.1 Å². The molecule has 0 saturated heterocycles. The second-order valence-electron chi connectivity index (χ2n) is 6.41. The van der Waals surface area contributed by atoms with Crippen LogP contribution in [0.25, 0.3) is 0 Å². The summed E-state index contributed by atoms with van der Waals surface area (Å²) in [5.41, 5.74) is 1.70. The number of hydrogen-bond donors (Lipinski definition) is 1. The molecule has 0 aliphatic carbocycles. The highest BCUT2D eigenvalue weighted by Crippen LogP contribution is 2.25. The van der Waals surface area contributed by atoms with Crippen LogP contribution in [0.1, 0.15) is 25.3 Å². The number of hydrogen-bond acceptors (Lipinski definition) is 3. The van der Waals surface area contributed by atoms with E-state index in [-0.39, 0.29) is 4.90 Å². The minimum absolute atomic E-state index is 0.179. The zero-order chi connectivity index (χ0) is 19.4. The predicted octanol–water partition coefficient (Wildman–Crippen LogP) is 6.17. The Morgan fingerprint density at radius 1 is 0.815 bits per heavy atom. The SMILES string of the molecule is CC(C)c1ccc(NS(=O)(=O)c2ccc(Oc3ccc(Br)cc3)cc2)cc1. The molecule has 3 rings (SSSR count). The molecule has 0 atom stereocenters. The minimum Gasteiger partial charge on any atom is -0.457 e. The van der Waals surface area contributed by atoms with Crippen LogP contribution in [0.3, 0.4) is 0 Å². The lowest BCUT2D eigenvalue weighted by Crippen LogP contribution is -2.12. The Balaban J connectivity index is 1.71. The number of rotatable bonds is 6. The van der Waals surface area contributed by atoms with Gasteiger partial charge in [0.1, 0.15) is 11.5 Å². The van der Waals surface area contributed by atoms with Crippen molar-refractivity contribution in [3.63, 3.8) is 0 Å². The largest absolute Gasteiger partial charge is 0.457 e. The summed E-state index contributed by atoms with van der Waals surface area (Å²) in [6.45, 7) is 4.19. The molecular weight excluding hydrogens is 426 g/mol. The average Bonchev–Trinajstić information content (AvgIpc) is 2.64. The first-order valence-corrected chi connectivity index (χ1v) is 10.8. The summed E-state index contributed by atoms with van der Waals surface area (Å²) in [4.78, 5) is 0.179. The monoisotopic (exact) mass is 445 g/mol. The first kappa shape index (κ1) is 19.5. The highest BCUT2D eigenvalue weighted by molar-refractivity contribution is 9.10. The van der Waals surface area contributed by atoms with E-state index in [9.17, 15) is 8.42 Å². The standard InChI is InChI=1S/C21H20BrNO3S/c1-15(2)16-3-7-18(8-4-16)23-27(24,25)21-13-11-20(12-14-21)26-19-9-5-17(22)6-10-19/h3-15,23H,1-2H3. The maximum absolute atomic E-state index is 12.6. The normalized spacial score (nSPS) is 11.4. The minimum atomic E-state index is -3.65. The van der Waals surface area contributed by atoms with E-state index in [1.54, 1.807) is 24.3 Å². The van der Waals surface area contributed by atoms with Crippen molar-refractivity contribution in [1.29, 1.82) is 0 Å². The van der Waals surface area contributed by atoms with Gasteiger partial charge in [0.2, 0.25) is 0 Å². The van der Waals surface area contributed by atoms with Gasteiger partial charge in [-0.15, -0.1) is 0 Å². The molecule has 3 aromatic rings. The van der Waals surface area contributed by atoms with Crippen molar-refractivity contribution in [2.45, 2.75) is 24.7 Å². The number of nitrogens with one attached hydrogen (secondary N) is 1. The highest BCUT2D eigenvalue weighted by atomic mass is 79.9. The lowest BCUT2D eigenvalue weighted by molar-refractivity contribution is 0.482. The van der Waals surface area contributed by atoms with Crippen LogP contribution in [0.2, 0.25) is 0 Å². The number of ether oxygens (including phenoxy) is 1.